The maximum absolute atomic E-state index is 11.4. The normalized spacial score (nSPS) is 22.8. The SMILES string of the molecule is C[N+]1(Cc2ccccc2)CCS(=O)(=O)CC1. The molecular formula is C12H18NO2S+. The molecule has 4 heteroatoms. The molecule has 1 aliphatic rings. The Bertz CT molecular complexity index is 439. The molecule has 0 saturated carbocycles. The van der Waals surface area contributed by atoms with Gasteiger partial charge >= 0.3 is 0 Å². The van der Waals surface area contributed by atoms with Gasteiger partial charge in [0.05, 0.1) is 31.6 Å². The van der Waals surface area contributed by atoms with Crippen LogP contribution in [-0.4, -0.2) is 44.5 Å². The molecule has 1 fully saturated rings. The second kappa shape index (κ2) is 4.18. The van der Waals surface area contributed by atoms with Crippen LogP contribution in [0.3, 0.4) is 0 Å². The van der Waals surface area contributed by atoms with Gasteiger partial charge in [0.25, 0.3) is 0 Å². The van der Waals surface area contributed by atoms with Crippen molar-refractivity contribution in [2.45, 2.75) is 6.54 Å². The van der Waals surface area contributed by atoms with Gasteiger partial charge in [-0.1, -0.05) is 30.3 Å². The molecule has 0 aromatic heterocycles. The minimum Gasteiger partial charge on any atom is -0.321 e. The van der Waals surface area contributed by atoms with Crippen LogP contribution in [0.4, 0.5) is 0 Å². The standard InChI is InChI=1S/C12H18NO2S/c1-13(7-9-16(14,15)10-8-13)11-12-5-3-2-4-6-12/h2-6H,7-11H2,1H3/q+1. The molecule has 0 spiro atoms. The molecule has 0 radical (unpaired) electrons. The zero-order valence-corrected chi connectivity index (χ0v) is 10.4. The Balaban J connectivity index is 2.06. The van der Waals surface area contributed by atoms with Crippen LogP contribution >= 0.6 is 0 Å². The molecule has 1 aliphatic heterocycles. The van der Waals surface area contributed by atoms with Crippen LogP contribution in [0.25, 0.3) is 0 Å². The van der Waals surface area contributed by atoms with Gasteiger partial charge in [-0.15, -0.1) is 0 Å². The summed E-state index contributed by atoms with van der Waals surface area (Å²) in [4.78, 5) is 0. The average molecular weight is 240 g/mol. The van der Waals surface area contributed by atoms with Gasteiger partial charge in [0.1, 0.15) is 6.54 Å². The van der Waals surface area contributed by atoms with Gasteiger partial charge in [-0.2, -0.15) is 0 Å². The van der Waals surface area contributed by atoms with Crippen LogP contribution in [0.5, 0.6) is 0 Å². The highest BCUT2D eigenvalue weighted by atomic mass is 32.2. The van der Waals surface area contributed by atoms with E-state index in [1.807, 2.05) is 18.2 Å². The third-order valence-corrected chi connectivity index (χ3v) is 4.90. The lowest BCUT2D eigenvalue weighted by atomic mass is 10.2. The molecule has 0 aliphatic carbocycles. The van der Waals surface area contributed by atoms with Crippen molar-refractivity contribution in [2.75, 3.05) is 31.6 Å². The van der Waals surface area contributed by atoms with Crippen molar-refractivity contribution in [1.82, 2.24) is 0 Å². The highest BCUT2D eigenvalue weighted by Gasteiger charge is 2.32. The summed E-state index contributed by atoms with van der Waals surface area (Å²) in [7, 11) is -0.621. The van der Waals surface area contributed by atoms with E-state index in [2.05, 4.69) is 19.2 Å². The van der Waals surface area contributed by atoms with Crippen molar-refractivity contribution >= 4 is 9.84 Å². The molecule has 2 rings (SSSR count). The van der Waals surface area contributed by atoms with E-state index in [4.69, 9.17) is 0 Å². The fourth-order valence-corrected chi connectivity index (χ4v) is 3.76. The molecule has 88 valence electrons. The Hall–Kier alpha value is -0.870. The molecule has 0 bridgehead atoms. The Labute approximate surface area is 97.2 Å². The minimum absolute atomic E-state index is 0.330. The van der Waals surface area contributed by atoms with Gasteiger partial charge in [-0.05, 0) is 0 Å². The Kier molecular flexibility index (Phi) is 3.04. The van der Waals surface area contributed by atoms with Crippen molar-refractivity contribution in [3.05, 3.63) is 35.9 Å². The molecular weight excluding hydrogens is 222 g/mol. The quantitative estimate of drug-likeness (QED) is 0.724. The summed E-state index contributed by atoms with van der Waals surface area (Å²) in [5.74, 6) is 0.659. The summed E-state index contributed by atoms with van der Waals surface area (Å²) >= 11 is 0. The monoisotopic (exact) mass is 240 g/mol. The van der Waals surface area contributed by atoms with Gasteiger partial charge in [-0.3, -0.25) is 0 Å². The number of sulfone groups is 1. The molecule has 1 heterocycles. The second-order valence-electron chi connectivity index (χ2n) is 4.86. The van der Waals surface area contributed by atoms with E-state index in [1.54, 1.807) is 0 Å². The summed E-state index contributed by atoms with van der Waals surface area (Å²) in [6.07, 6.45) is 0. The first-order valence-corrected chi connectivity index (χ1v) is 7.39. The summed E-state index contributed by atoms with van der Waals surface area (Å²) in [6, 6.07) is 10.3. The van der Waals surface area contributed by atoms with E-state index in [1.165, 1.54) is 5.56 Å². The first-order valence-electron chi connectivity index (χ1n) is 5.57. The number of quaternary nitrogens is 1. The molecule has 1 saturated heterocycles. The third kappa shape index (κ3) is 2.83. The Morgan fingerprint density at radius 2 is 1.69 bits per heavy atom. The number of rotatable bonds is 2. The zero-order valence-electron chi connectivity index (χ0n) is 9.59. The van der Waals surface area contributed by atoms with Gasteiger partial charge in [-0.25, -0.2) is 8.42 Å². The summed E-state index contributed by atoms with van der Waals surface area (Å²) < 4.78 is 23.6. The maximum atomic E-state index is 11.4. The molecule has 1 aromatic carbocycles. The molecule has 16 heavy (non-hydrogen) atoms. The number of hydrogen-bond donors (Lipinski definition) is 0. The molecule has 0 unspecified atom stereocenters. The lowest BCUT2D eigenvalue weighted by molar-refractivity contribution is -0.919. The minimum atomic E-state index is -2.76. The van der Waals surface area contributed by atoms with E-state index in [0.717, 1.165) is 24.1 Å². The van der Waals surface area contributed by atoms with Crippen molar-refractivity contribution in [3.63, 3.8) is 0 Å². The van der Waals surface area contributed by atoms with E-state index < -0.39 is 9.84 Å². The number of nitrogens with zero attached hydrogens (tertiary/aromatic N) is 1. The molecule has 0 N–H and O–H groups in total. The Morgan fingerprint density at radius 3 is 2.25 bits per heavy atom. The lowest BCUT2D eigenvalue weighted by Gasteiger charge is -2.37. The van der Waals surface area contributed by atoms with Crippen molar-refractivity contribution in [2.24, 2.45) is 0 Å². The number of benzene rings is 1. The van der Waals surface area contributed by atoms with Crippen LogP contribution < -0.4 is 0 Å². The maximum Gasteiger partial charge on any atom is 0.161 e. The average Bonchev–Trinajstić information content (AvgIpc) is 2.25. The highest BCUT2D eigenvalue weighted by molar-refractivity contribution is 7.91. The van der Waals surface area contributed by atoms with Gasteiger partial charge in [0.2, 0.25) is 0 Å². The van der Waals surface area contributed by atoms with Crippen molar-refractivity contribution < 1.29 is 12.9 Å². The first kappa shape index (κ1) is 11.6. The van der Waals surface area contributed by atoms with Crippen LogP contribution in [0.2, 0.25) is 0 Å². The smallest absolute Gasteiger partial charge is 0.161 e. The molecule has 3 nitrogen and oxygen atoms in total. The van der Waals surface area contributed by atoms with Gasteiger partial charge < -0.3 is 4.48 Å². The van der Waals surface area contributed by atoms with E-state index in [0.29, 0.717) is 11.5 Å². The highest BCUT2D eigenvalue weighted by Crippen LogP contribution is 2.16. The fourth-order valence-electron chi connectivity index (χ4n) is 2.12. The number of hydrogen-bond acceptors (Lipinski definition) is 2. The van der Waals surface area contributed by atoms with Gasteiger partial charge in [0, 0.05) is 5.56 Å². The predicted octanol–water partition coefficient (Wildman–Crippen LogP) is 1.06. The summed E-state index contributed by atoms with van der Waals surface area (Å²) in [5.41, 5.74) is 1.28. The lowest BCUT2D eigenvalue weighted by Crippen LogP contribution is -2.53. The van der Waals surface area contributed by atoms with Crippen molar-refractivity contribution in [3.8, 4) is 0 Å². The van der Waals surface area contributed by atoms with E-state index >= 15 is 0 Å². The molecule has 1 aromatic rings. The zero-order chi connectivity index (χ0) is 11.6. The van der Waals surface area contributed by atoms with E-state index in [-0.39, 0.29) is 0 Å². The summed E-state index contributed by atoms with van der Waals surface area (Å²) in [5, 5.41) is 0. The molecule has 0 atom stereocenters. The fraction of sp³-hybridized carbons (Fsp3) is 0.500. The van der Waals surface area contributed by atoms with Crippen LogP contribution in [0, 0.1) is 0 Å². The van der Waals surface area contributed by atoms with Crippen LogP contribution in [0.15, 0.2) is 30.3 Å². The Morgan fingerprint density at radius 1 is 1.12 bits per heavy atom. The third-order valence-electron chi connectivity index (χ3n) is 3.29. The molecule has 0 amide bonds. The van der Waals surface area contributed by atoms with Crippen LogP contribution in [0.1, 0.15) is 5.56 Å². The second-order valence-corrected chi connectivity index (χ2v) is 7.17. The topological polar surface area (TPSA) is 34.1 Å². The summed E-state index contributed by atoms with van der Waals surface area (Å²) in [6.45, 7) is 2.39. The van der Waals surface area contributed by atoms with E-state index in [9.17, 15) is 8.42 Å². The van der Waals surface area contributed by atoms with Crippen molar-refractivity contribution in [1.29, 1.82) is 0 Å². The first-order chi connectivity index (χ1) is 7.49. The predicted molar refractivity (Wildman–Crippen MR) is 64.7 cm³/mol. The largest absolute Gasteiger partial charge is 0.321 e. The van der Waals surface area contributed by atoms with Crippen LogP contribution in [-0.2, 0) is 16.4 Å². The van der Waals surface area contributed by atoms with Gasteiger partial charge in [0.15, 0.2) is 9.84 Å².